The van der Waals surface area contributed by atoms with Gasteiger partial charge < -0.3 is 4.57 Å². The Morgan fingerprint density at radius 1 is 1.38 bits per heavy atom. The van der Waals surface area contributed by atoms with E-state index in [0.717, 1.165) is 16.7 Å². The summed E-state index contributed by atoms with van der Waals surface area (Å²) >= 11 is 1.65. The molecule has 0 amide bonds. The number of thioether (sulfide) groups is 1. The van der Waals surface area contributed by atoms with Gasteiger partial charge in [0, 0.05) is 25.5 Å². The van der Waals surface area contributed by atoms with Crippen molar-refractivity contribution >= 4 is 11.8 Å². The predicted molar refractivity (Wildman–Crippen MR) is 63.2 cm³/mol. The molecule has 0 radical (unpaired) electrons. The van der Waals surface area contributed by atoms with Gasteiger partial charge in [-0.15, -0.1) is 0 Å². The van der Waals surface area contributed by atoms with Crippen LogP contribution in [0.4, 0.5) is 0 Å². The van der Waals surface area contributed by atoms with E-state index in [-0.39, 0.29) is 0 Å². The zero-order valence-electron chi connectivity index (χ0n) is 9.66. The lowest BCUT2D eigenvalue weighted by atomic mass is 10.4. The standard InChI is InChI=1S/C10H15N5S/c1-8(2)15-5-4-11-9(15)6-16-10-12-7-13-14(10)3/h4-5,7-8H,6H2,1-3H3. The van der Waals surface area contributed by atoms with Crippen LogP contribution in [0, 0.1) is 0 Å². The van der Waals surface area contributed by atoms with E-state index in [1.807, 2.05) is 19.4 Å². The molecule has 0 aliphatic heterocycles. The van der Waals surface area contributed by atoms with Crippen LogP contribution in [-0.4, -0.2) is 24.3 Å². The molecule has 0 saturated carbocycles. The maximum Gasteiger partial charge on any atom is 0.186 e. The maximum absolute atomic E-state index is 4.35. The minimum absolute atomic E-state index is 0.442. The van der Waals surface area contributed by atoms with E-state index in [1.54, 1.807) is 22.8 Å². The number of hydrogen-bond donors (Lipinski definition) is 0. The van der Waals surface area contributed by atoms with Crippen LogP contribution in [0.2, 0.25) is 0 Å². The number of aryl methyl sites for hydroxylation is 1. The number of rotatable bonds is 4. The Morgan fingerprint density at radius 2 is 2.19 bits per heavy atom. The molecule has 0 bridgehead atoms. The second-order valence-corrected chi connectivity index (χ2v) is 4.74. The highest BCUT2D eigenvalue weighted by molar-refractivity contribution is 7.98. The molecule has 2 aromatic rings. The van der Waals surface area contributed by atoms with E-state index in [4.69, 9.17) is 0 Å². The Balaban J connectivity index is 2.05. The molecule has 16 heavy (non-hydrogen) atoms. The van der Waals surface area contributed by atoms with E-state index in [1.165, 1.54) is 0 Å². The Bertz CT molecular complexity index is 459. The lowest BCUT2D eigenvalue weighted by Crippen LogP contribution is -2.04. The summed E-state index contributed by atoms with van der Waals surface area (Å²) in [5, 5.41) is 4.95. The van der Waals surface area contributed by atoms with Crippen LogP contribution in [0.1, 0.15) is 25.7 Å². The first-order chi connectivity index (χ1) is 7.68. The van der Waals surface area contributed by atoms with Gasteiger partial charge in [-0.2, -0.15) is 5.10 Å². The topological polar surface area (TPSA) is 48.5 Å². The molecule has 0 spiro atoms. The third-order valence-electron chi connectivity index (χ3n) is 2.31. The minimum atomic E-state index is 0.442. The van der Waals surface area contributed by atoms with Crippen LogP contribution in [-0.2, 0) is 12.8 Å². The first kappa shape index (κ1) is 11.2. The van der Waals surface area contributed by atoms with Gasteiger partial charge in [0.25, 0.3) is 0 Å². The number of aromatic nitrogens is 5. The quantitative estimate of drug-likeness (QED) is 0.762. The number of nitrogens with zero attached hydrogens (tertiary/aromatic N) is 5. The van der Waals surface area contributed by atoms with Crippen molar-refractivity contribution in [1.29, 1.82) is 0 Å². The largest absolute Gasteiger partial charge is 0.332 e. The summed E-state index contributed by atoms with van der Waals surface area (Å²) in [5.41, 5.74) is 0. The van der Waals surface area contributed by atoms with Gasteiger partial charge >= 0.3 is 0 Å². The summed E-state index contributed by atoms with van der Waals surface area (Å²) < 4.78 is 3.94. The van der Waals surface area contributed by atoms with Crippen molar-refractivity contribution in [3.63, 3.8) is 0 Å². The fraction of sp³-hybridized carbons (Fsp3) is 0.500. The summed E-state index contributed by atoms with van der Waals surface area (Å²) in [6.45, 7) is 4.30. The molecular formula is C10H15N5S. The molecule has 0 N–H and O–H groups in total. The van der Waals surface area contributed by atoms with Gasteiger partial charge in [-0.1, -0.05) is 11.8 Å². The Kier molecular flexibility index (Phi) is 3.28. The molecule has 0 aliphatic carbocycles. The van der Waals surface area contributed by atoms with E-state index in [9.17, 15) is 0 Å². The minimum Gasteiger partial charge on any atom is -0.332 e. The van der Waals surface area contributed by atoms with Crippen molar-refractivity contribution < 1.29 is 0 Å². The van der Waals surface area contributed by atoms with E-state index >= 15 is 0 Å². The number of imidazole rings is 1. The van der Waals surface area contributed by atoms with Gasteiger partial charge in [0.2, 0.25) is 0 Å². The Labute approximate surface area is 98.9 Å². The van der Waals surface area contributed by atoms with Crippen molar-refractivity contribution in [3.05, 3.63) is 24.5 Å². The van der Waals surface area contributed by atoms with Gasteiger partial charge in [-0.05, 0) is 13.8 Å². The first-order valence-electron chi connectivity index (χ1n) is 5.17. The van der Waals surface area contributed by atoms with E-state index < -0.39 is 0 Å². The van der Waals surface area contributed by atoms with Gasteiger partial charge in [-0.25, -0.2) is 14.6 Å². The van der Waals surface area contributed by atoms with Gasteiger partial charge in [0.1, 0.15) is 12.2 Å². The fourth-order valence-corrected chi connectivity index (χ4v) is 2.31. The van der Waals surface area contributed by atoms with Crippen LogP contribution in [0.25, 0.3) is 0 Å². The van der Waals surface area contributed by atoms with Crippen molar-refractivity contribution in [2.45, 2.75) is 30.8 Å². The molecule has 2 aromatic heterocycles. The maximum atomic E-state index is 4.35. The lowest BCUT2D eigenvalue weighted by Gasteiger charge is -2.10. The summed E-state index contributed by atoms with van der Waals surface area (Å²) in [6.07, 6.45) is 5.42. The molecule has 0 unspecified atom stereocenters. The lowest BCUT2D eigenvalue weighted by molar-refractivity contribution is 0.580. The Hall–Kier alpha value is -1.30. The average molecular weight is 237 g/mol. The van der Waals surface area contributed by atoms with Crippen molar-refractivity contribution in [2.75, 3.05) is 0 Å². The molecule has 2 heterocycles. The molecular weight excluding hydrogens is 222 g/mol. The average Bonchev–Trinajstić information content (AvgIpc) is 2.83. The summed E-state index contributed by atoms with van der Waals surface area (Å²) in [7, 11) is 1.89. The molecule has 0 saturated heterocycles. The molecule has 6 heteroatoms. The normalized spacial score (nSPS) is 11.2. The smallest absolute Gasteiger partial charge is 0.186 e. The highest BCUT2D eigenvalue weighted by atomic mass is 32.2. The van der Waals surface area contributed by atoms with Gasteiger partial charge in [-0.3, -0.25) is 0 Å². The van der Waals surface area contributed by atoms with Crippen LogP contribution in [0.15, 0.2) is 23.9 Å². The zero-order valence-corrected chi connectivity index (χ0v) is 10.5. The monoisotopic (exact) mass is 237 g/mol. The highest BCUT2D eigenvalue weighted by Crippen LogP contribution is 2.20. The third kappa shape index (κ3) is 2.27. The molecule has 5 nitrogen and oxygen atoms in total. The van der Waals surface area contributed by atoms with E-state index in [0.29, 0.717) is 6.04 Å². The van der Waals surface area contributed by atoms with Crippen LogP contribution in [0.5, 0.6) is 0 Å². The SMILES string of the molecule is CC(C)n1ccnc1CSc1ncnn1C. The number of hydrogen-bond acceptors (Lipinski definition) is 4. The second-order valence-electron chi connectivity index (χ2n) is 3.80. The molecule has 2 rings (SSSR count). The van der Waals surface area contributed by atoms with Gasteiger partial charge in [0.05, 0.1) is 5.75 Å². The molecule has 86 valence electrons. The summed E-state index contributed by atoms with van der Waals surface area (Å²) in [6, 6.07) is 0.442. The summed E-state index contributed by atoms with van der Waals surface area (Å²) in [4.78, 5) is 8.52. The summed E-state index contributed by atoms with van der Waals surface area (Å²) in [5.74, 6) is 1.89. The molecule has 0 atom stereocenters. The van der Waals surface area contributed by atoms with Crippen molar-refractivity contribution in [3.8, 4) is 0 Å². The highest BCUT2D eigenvalue weighted by Gasteiger charge is 2.08. The van der Waals surface area contributed by atoms with E-state index in [2.05, 4.69) is 33.5 Å². The zero-order chi connectivity index (χ0) is 11.5. The predicted octanol–water partition coefficient (Wildman–Crippen LogP) is 1.88. The molecule has 0 fully saturated rings. The Morgan fingerprint density at radius 3 is 2.81 bits per heavy atom. The van der Waals surface area contributed by atoms with Gasteiger partial charge in [0.15, 0.2) is 5.16 Å². The second kappa shape index (κ2) is 4.69. The van der Waals surface area contributed by atoms with Crippen molar-refractivity contribution in [1.82, 2.24) is 24.3 Å². The molecule has 0 aliphatic rings. The molecule has 0 aromatic carbocycles. The first-order valence-corrected chi connectivity index (χ1v) is 6.15. The van der Waals surface area contributed by atoms with Crippen LogP contribution >= 0.6 is 11.8 Å². The van der Waals surface area contributed by atoms with Crippen LogP contribution < -0.4 is 0 Å². The third-order valence-corrected chi connectivity index (χ3v) is 3.34. The fourth-order valence-electron chi connectivity index (χ4n) is 1.47. The van der Waals surface area contributed by atoms with Crippen LogP contribution in [0.3, 0.4) is 0 Å². The van der Waals surface area contributed by atoms with Crippen molar-refractivity contribution in [2.24, 2.45) is 7.05 Å².